The molecule has 2 aromatic carbocycles. The van der Waals surface area contributed by atoms with E-state index in [-0.39, 0.29) is 0 Å². The largest absolute Gasteiger partial charge is 0.398 e. The summed E-state index contributed by atoms with van der Waals surface area (Å²) in [6, 6.07) is 16.7. The van der Waals surface area contributed by atoms with Crippen LogP contribution in [0.15, 0.2) is 53.0 Å². The summed E-state index contributed by atoms with van der Waals surface area (Å²) >= 11 is 3.48. The fourth-order valence-electron chi connectivity index (χ4n) is 2.05. The van der Waals surface area contributed by atoms with Gasteiger partial charge in [-0.05, 0) is 45.7 Å². The average molecular weight is 319 g/mol. The van der Waals surface area contributed by atoms with Crippen LogP contribution in [0.3, 0.4) is 0 Å². The molecule has 2 N–H and O–H groups in total. The van der Waals surface area contributed by atoms with Gasteiger partial charge in [0.25, 0.3) is 0 Å². The predicted octanol–water partition coefficient (Wildman–Crippen LogP) is 4.05. The summed E-state index contributed by atoms with van der Waals surface area (Å²) in [7, 11) is 0. The van der Waals surface area contributed by atoms with E-state index in [4.69, 9.17) is 5.73 Å². The van der Waals surface area contributed by atoms with E-state index in [0.29, 0.717) is 0 Å². The van der Waals surface area contributed by atoms with Crippen molar-refractivity contribution >= 4 is 21.6 Å². The van der Waals surface area contributed by atoms with Crippen LogP contribution in [-0.4, -0.2) is 11.4 Å². The Morgan fingerprint density at radius 3 is 2.32 bits per heavy atom. The molecular weight excluding hydrogens is 300 g/mol. The molecule has 0 heterocycles. The standard InChI is InChI=1S/C16H19BrN2/c1-2-19(11-13-6-4-3-5-7-13)12-14-8-9-16(18)15(17)10-14/h3-10H,2,11-12,18H2,1H3. The number of hydrogen-bond donors (Lipinski definition) is 1. The number of benzene rings is 2. The molecule has 3 heteroatoms. The van der Waals surface area contributed by atoms with E-state index in [1.165, 1.54) is 11.1 Å². The van der Waals surface area contributed by atoms with Gasteiger partial charge in [-0.15, -0.1) is 0 Å². The van der Waals surface area contributed by atoms with Crippen LogP contribution in [0.2, 0.25) is 0 Å². The lowest BCUT2D eigenvalue weighted by atomic mass is 10.1. The first-order valence-electron chi connectivity index (χ1n) is 6.49. The average Bonchev–Trinajstić information content (AvgIpc) is 2.43. The Morgan fingerprint density at radius 2 is 1.68 bits per heavy atom. The number of anilines is 1. The van der Waals surface area contributed by atoms with E-state index in [2.05, 4.69) is 70.2 Å². The molecule has 100 valence electrons. The SMILES string of the molecule is CCN(Cc1ccccc1)Cc1ccc(N)c(Br)c1. The molecule has 0 fully saturated rings. The third kappa shape index (κ3) is 4.08. The zero-order valence-corrected chi connectivity index (χ0v) is 12.7. The van der Waals surface area contributed by atoms with E-state index in [1.54, 1.807) is 0 Å². The minimum atomic E-state index is 0.787. The first kappa shape index (κ1) is 14.1. The first-order valence-corrected chi connectivity index (χ1v) is 7.28. The maximum absolute atomic E-state index is 5.82. The van der Waals surface area contributed by atoms with E-state index < -0.39 is 0 Å². The van der Waals surface area contributed by atoms with Crippen molar-refractivity contribution in [1.82, 2.24) is 4.90 Å². The summed E-state index contributed by atoms with van der Waals surface area (Å²) in [4.78, 5) is 2.41. The second kappa shape index (κ2) is 6.73. The van der Waals surface area contributed by atoms with Crippen molar-refractivity contribution in [2.45, 2.75) is 20.0 Å². The van der Waals surface area contributed by atoms with Crippen molar-refractivity contribution in [3.8, 4) is 0 Å². The van der Waals surface area contributed by atoms with E-state index in [9.17, 15) is 0 Å². The van der Waals surface area contributed by atoms with Crippen molar-refractivity contribution in [3.63, 3.8) is 0 Å². The molecule has 0 aliphatic carbocycles. The van der Waals surface area contributed by atoms with Crippen LogP contribution < -0.4 is 5.73 Å². The monoisotopic (exact) mass is 318 g/mol. The van der Waals surface area contributed by atoms with Crippen molar-refractivity contribution < 1.29 is 0 Å². The fourth-order valence-corrected chi connectivity index (χ4v) is 2.47. The lowest BCUT2D eigenvalue weighted by Crippen LogP contribution is -2.22. The normalized spacial score (nSPS) is 10.9. The van der Waals surface area contributed by atoms with Crippen molar-refractivity contribution in [2.24, 2.45) is 0 Å². The van der Waals surface area contributed by atoms with Crippen LogP contribution in [0.1, 0.15) is 18.1 Å². The van der Waals surface area contributed by atoms with Crippen LogP contribution in [0.25, 0.3) is 0 Å². The second-order valence-corrected chi connectivity index (χ2v) is 5.50. The van der Waals surface area contributed by atoms with Gasteiger partial charge in [-0.2, -0.15) is 0 Å². The molecule has 2 aromatic rings. The summed E-state index contributed by atoms with van der Waals surface area (Å²) < 4.78 is 0.973. The highest BCUT2D eigenvalue weighted by atomic mass is 79.9. The molecule has 0 saturated carbocycles. The smallest absolute Gasteiger partial charge is 0.0458 e. The lowest BCUT2D eigenvalue weighted by Gasteiger charge is -2.21. The van der Waals surface area contributed by atoms with E-state index in [1.807, 2.05) is 6.07 Å². The predicted molar refractivity (Wildman–Crippen MR) is 84.8 cm³/mol. The molecule has 0 spiro atoms. The van der Waals surface area contributed by atoms with E-state index >= 15 is 0 Å². The van der Waals surface area contributed by atoms with E-state index in [0.717, 1.165) is 29.8 Å². The van der Waals surface area contributed by atoms with Crippen LogP contribution in [0, 0.1) is 0 Å². The van der Waals surface area contributed by atoms with Gasteiger partial charge in [-0.1, -0.05) is 43.3 Å². The Morgan fingerprint density at radius 1 is 1.00 bits per heavy atom. The molecule has 0 aliphatic rings. The molecule has 0 radical (unpaired) electrons. The van der Waals surface area contributed by atoms with Crippen LogP contribution in [-0.2, 0) is 13.1 Å². The molecule has 2 rings (SSSR count). The minimum absolute atomic E-state index is 0.787. The molecule has 0 saturated heterocycles. The summed E-state index contributed by atoms with van der Waals surface area (Å²) in [5.74, 6) is 0. The third-order valence-corrected chi connectivity index (χ3v) is 3.85. The fraction of sp³-hybridized carbons (Fsp3) is 0.250. The van der Waals surface area contributed by atoms with Crippen LogP contribution in [0.5, 0.6) is 0 Å². The lowest BCUT2D eigenvalue weighted by molar-refractivity contribution is 0.271. The number of nitrogens with two attached hydrogens (primary N) is 1. The molecule has 0 aromatic heterocycles. The molecule has 0 bridgehead atoms. The molecule has 0 atom stereocenters. The molecule has 2 nitrogen and oxygen atoms in total. The van der Waals surface area contributed by atoms with Gasteiger partial charge in [0.1, 0.15) is 0 Å². The maximum atomic E-state index is 5.82. The molecule has 0 aliphatic heterocycles. The quantitative estimate of drug-likeness (QED) is 0.842. The number of halogens is 1. The summed E-state index contributed by atoms with van der Waals surface area (Å²) in [5.41, 5.74) is 9.22. The Kier molecular flexibility index (Phi) is 5.00. The zero-order valence-electron chi connectivity index (χ0n) is 11.1. The summed E-state index contributed by atoms with van der Waals surface area (Å²) in [6.07, 6.45) is 0. The number of hydrogen-bond acceptors (Lipinski definition) is 2. The molecular formula is C16H19BrN2. The van der Waals surface area contributed by atoms with Gasteiger partial charge in [0.15, 0.2) is 0 Å². The Bertz CT molecular complexity index is 526. The summed E-state index contributed by atoms with van der Waals surface area (Å²) in [6.45, 7) is 5.12. The van der Waals surface area contributed by atoms with Gasteiger partial charge < -0.3 is 5.73 Å². The Hall–Kier alpha value is -1.32. The molecule has 0 unspecified atom stereocenters. The minimum Gasteiger partial charge on any atom is -0.398 e. The number of nitrogens with zero attached hydrogens (tertiary/aromatic N) is 1. The van der Waals surface area contributed by atoms with Crippen molar-refractivity contribution in [1.29, 1.82) is 0 Å². The number of rotatable bonds is 5. The highest BCUT2D eigenvalue weighted by molar-refractivity contribution is 9.10. The Labute approximate surface area is 123 Å². The maximum Gasteiger partial charge on any atom is 0.0458 e. The topological polar surface area (TPSA) is 29.3 Å². The highest BCUT2D eigenvalue weighted by Gasteiger charge is 2.06. The van der Waals surface area contributed by atoms with Gasteiger partial charge in [-0.3, -0.25) is 4.90 Å². The van der Waals surface area contributed by atoms with Crippen LogP contribution >= 0.6 is 15.9 Å². The van der Waals surface area contributed by atoms with Gasteiger partial charge in [0.2, 0.25) is 0 Å². The van der Waals surface area contributed by atoms with Crippen LogP contribution in [0.4, 0.5) is 5.69 Å². The molecule has 0 amide bonds. The van der Waals surface area contributed by atoms with Crippen molar-refractivity contribution in [2.75, 3.05) is 12.3 Å². The second-order valence-electron chi connectivity index (χ2n) is 4.64. The van der Waals surface area contributed by atoms with Gasteiger partial charge in [0.05, 0.1) is 0 Å². The first-order chi connectivity index (χ1) is 9.19. The Balaban J connectivity index is 2.04. The number of nitrogen functional groups attached to an aromatic ring is 1. The third-order valence-electron chi connectivity index (χ3n) is 3.17. The van der Waals surface area contributed by atoms with Crippen molar-refractivity contribution in [3.05, 3.63) is 64.1 Å². The summed E-state index contributed by atoms with van der Waals surface area (Å²) in [5, 5.41) is 0. The van der Waals surface area contributed by atoms with Gasteiger partial charge in [0, 0.05) is 23.2 Å². The zero-order chi connectivity index (χ0) is 13.7. The highest BCUT2D eigenvalue weighted by Crippen LogP contribution is 2.21. The van der Waals surface area contributed by atoms with Gasteiger partial charge >= 0.3 is 0 Å². The van der Waals surface area contributed by atoms with Gasteiger partial charge in [-0.25, -0.2) is 0 Å². The molecule has 19 heavy (non-hydrogen) atoms.